The Hall–Kier alpha value is -1.98. The van der Waals surface area contributed by atoms with Crippen molar-refractivity contribution >= 4 is 29.9 Å². The van der Waals surface area contributed by atoms with Gasteiger partial charge in [0.25, 0.3) is 0 Å². The van der Waals surface area contributed by atoms with Crippen LogP contribution in [0.1, 0.15) is 43.7 Å². The third-order valence-electron chi connectivity index (χ3n) is 3.55. The van der Waals surface area contributed by atoms with Gasteiger partial charge in [-0.25, -0.2) is 4.99 Å². The quantitative estimate of drug-likeness (QED) is 0.323. The van der Waals surface area contributed by atoms with E-state index in [0.717, 1.165) is 5.69 Å². The first kappa shape index (κ1) is 24.1. The zero-order chi connectivity index (χ0) is 19.9. The van der Waals surface area contributed by atoms with Crippen molar-refractivity contribution < 1.29 is 22.4 Å². The molecule has 0 saturated carbocycles. The highest BCUT2D eigenvalue weighted by Crippen LogP contribution is 2.26. The molecule has 1 heterocycles. The lowest BCUT2D eigenvalue weighted by Gasteiger charge is -2.13. The van der Waals surface area contributed by atoms with Gasteiger partial charge in [-0.3, -0.25) is 0 Å². The minimum absolute atomic E-state index is 0. The molecule has 0 aliphatic carbocycles. The molecule has 0 atom stereocenters. The first-order chi connectivity index (χ1) is 12.8. The maximum Gasteiger partial charge on any atom is 0.573 e. The zero-order valence-electron chi connectivity index (χ0n) is 15.8. The fourth-order valence-electron chi connectivity index (χ4n) is 2.22. The van der Waals surface area contributed by atoms with Gasteiger partial charge in [0.2, 0.25) is 0 Å². The van der Waals surface area contributed by atoms with Gasteiger partial charge in [-0.1, -0.05) is 37.2 Å². The van der Waals surface area contributed by atoms with Gasteiger partial charge in [-0.15, -0.1) is 37.1 Å². The Bertz CT molecular complexity index is 763. The highest BCUT2D eigenvalue weighted by molar-refractivity contribution is 14.0. The summed E-state index contributed by atoms with van der Waals surface area (Å²) in [4.78, 5) is 4.32. The maximum atomic E-state index is 12.5. The number of hydrogen-bond donors (Lipinski definition) is 2. The first-order valence-electron chi connectivity index (χ1n) is 8.59. The topological polar surface area (TPSA) is 71.7 Å². The van der Waals surface area contributed by atoms with Gasteiger partial charge >= 0.3 is 6.36 Å². The largest absolute Gasteiger partial charge is 0.573 e. The third kappa shape index (κ3) is 7.95. The van der Waals surface area contributed by atoms with Crippen molar-refractivity contribution in [2.75, 3.05) is 6.54 Å². The number of nitrogens with zero attached hydrogens (tertiary/aromatic N) is 2. The van der Waals surface area contributed by atoms with E-state index < -0.39 is 6.36 Å². The highest BCUT2D eigenvalue weighted by Gasteiger charge is 2.31. The predicted molar refractivity (Wildman–Crippen MR) is 111 cm³/mol. The number of nitrogens with one attached hydrogen (secondary N) is 2. The van der Waals surface area contributed by atoms with Gasteiger partial charge in [-0.2, -0.15) is 0 Å². The molecule has 0 fully saturated rings. The van der Waals surface area contributed by atoms with Crippen LogP contribution in [0, 0.1) is 0 Å². The molecule has 1 aromatic carbocycles. The molecule has 6 nitrogen and oxygen atoms in total. The molecule has 28 heavy (non-hydrogen) atoms. The summed E-state index contributed by atoms with van der Waals surface area (Å²) in [5.41, 5.74) is 1.18. The van der Waals surface area contributed by atoms with E-state index in [-0.39, 0.29) is 42.2 Å². The van der Waals surface area contributed by atoms with Crippen LogP contribution in [0.3, 0.4) is 0 Å². The number of aliphatic imine (C=N–C) groups is 1. The number of guanidine groups is 1. The van der Waals surface area contributed by atoms with E-state index in [2.05, 4.69) is 25.5 Å². The molecule has 10 heteroatoms. The molecule has 0 radical (unpaired) electrons. The van der Waals surface area contributed by atoms with Crippen LogP contribution >= 0.6 is 24.0 Å². The number of benzene rings is 1. The molecule has 0 saturated heterocycles. The Kier molecular flexibility index (Phi) is 9.56. The van der Waals surface area contributed by atoms with Crippen LogP contribution in [-0.2, 0) is 13.1 Å². The van der Waals surface area contributed by atoms with Crippen LogP contribution in [0.25, 0.3) is 0 Å². The lowest BCUT2D eigenvalue weighted by Crippen LogP contribution is -2.36. The number of rotatable bonds is 7. The molecule has 0 aliphatic rings. The van der Waals surface area contributed by atoms with Crippen LogP contribution < -0.4 is 15.4 Å². The molecule has 1 aromatic heterocycles. The summed E-state index contributed by atoms with van der Waals surface area (Å²) < 4.78 is 46.8. The van der Waals surface area contributed by atoms with Gasteiger partial charge in [0.1, 0.15) is 5.75 Å². The molecule has 2 N–H and O–H groups in total. The van der Waals surface area contributed by atoms with E-state index in [1.165, 1.54) is 12.1 Å². The molecular weight excluding hydrogens is 488 g/mol. The van der Waals surface area contributed by atoms with E-state index in [1.807, 2.05) is 26.8 Å². The molecule has 0 aliphatic heterocycles. The lowest BCUT2D eigenvalue weighted by atomic mass is 10.1. The summed E-state index contributed by atoms with van der Waals surface area (Å²) in [6.45, 7) is 6.90. The van der Waals surface area contributed by atoms with Crippen molar-refractivity contribution in [3.05, 3.63) is 47.3 Å². The van der Waals surface area contributed by atoms with E-state index in [1.54, 1.807) is 12.1 Å². The van der Waals surface area contributed by atoms with Crippen molar-refractivity contribution in [3.8, 4) is 5.75 Å². The average Bonchev–Trinajstić information content (AvgIpc) is 3.06. The van der Waals surface area contributed by atoms with E-state index in [4.69, 9.17) is 4.52 Å². The fraction of sp³-hybridized carbons (Fsp3) is 0.444. The van der Waals surface area contributed by atoms with Gasteiger partial charge in [0.15, 0.2) is 11.7 Å². The summed E-state index contributed by atoms with van der Waals surface area (Å²) in [5.74, 6) is 1.09. The fourth-order valence-corrected chi connectivity index (χ4v) is 2.22. The molecule has 0 bridgehead atoms. The monoisotopic (exact) mass is 512 g/mol. The van der Waals surface area contributed by atoms with Gasteiger partial charge in [0, 0.05) is 18.2 Å². The number of ether oxygens (including phenoxy) is 1. The maximum absolute atomic E-state index is 12.5. The Balaban J connectivity index is 0.00000392. The number of aromatic nitrogens is 1. The summed E-state index contributed by atoms with van der Waals surface area (Å²) in [7, 11) is 0. The third-order valence-corrected chi connectivity index (χ3v) is 3.55. The van der Waals surface area contributed by atoms with Gasteiger partial charge in [0.05, 0.1) is 18.8 Å². The molecule has 156 valence electrons. The summed E-state index contributed by atoms with van der Waals surface area (Å²) >= 11 is 0. The Morgan fingerprint density at radius 2 is 1.96 bits per heavy atom. The highest BCUT2D eigenvalue weighted by atomic mass is 127. The second-order valence-corrected chi connectivity index (χ2v) is 6.08. The van der Waals surface area contributed by atoms with Crippen LogP contribution in [0.15, 0.2) is 39.8 Å². The van der Waals surface area contributed by atoms with Crippen molar-refractivity contribution in [2.45, 2.75) is 46.1 Å². The van der Waals surface area contributed by atoms with Gasteiger partial charge < -0.3 is 19.9 Å². The standard InChI is InChI=1S/C18H23F3N4O2.HI/c1-4-22-17(24-11-14-9-15(12(2)3)25-27-14)23-10-13-7-5-6-8-16(13)26-18(19,20)21;/h5-9,12H,4,10-11H2,1-3H3,(H2,22,23,24);1H. The minimum atomic E-state index is -4.75. The predicted octanol–water partition coefficient (Wildman–Crippen LogP) is 4.57. The number of alkyl halides is 3. The Morgan fingerprint density at radius 1 is 1.25 bits per heavy atom. The molecule has 2 aromatic rings. The van der Waals surface area contributed by atoms with Crippen molar-refractivity contribution in [1.29, 1.82) is 0 Å². The van der Waals surface area contributed by atoms with Crippen LogP contribution in [0.4, 0.5) is 13.2 Å². The number of hydrogen-bond acceptors (Lipinski definition) is 4. The van der Waals surface area contributed by atoms with E-state index in [0.29, 0.717) is 30.4 Å². The number of halogens is 4. The van der Waals surface area contributed by atoms with E-state index >= 15 is 0 Å². The van der Waals surface area contributed by atoms with Crippen molar-refractivity contribution in [3.63, 3.8) is 0 Å². The average molecular weight is 512 g/mol. The molecule has 2 rings (SSSR count). The first-order valence-corrected chi connectivity index (χ1v) is 8.59. The summed E-state index contributed by atoms with van der Waals surface area (Å²) in [5, 5.41) is 10.1. The zero-order valence-corrected chi connectivity index (χ0v) is 18.2. The summed E-state index contributed by atoms with van der Waals surface area (Å²) in [6, 6.07) is 7.78. The van der Waals surface area contributed by atoms with Crippen molar-refractivity contribution in [2.24, 2.45) is 4.99 Å². The minimum Gasteiger partial charge on any atom is -0.405 e. The summed E-state index contributed by atoms with van der Waals surface area (Å²) in [6.07, 6.45) is -4.75. The second-order valence-electron chi connectivity index (χ2n) is 6.08. The van der Waals surface area contributed by atoms with E-state index in [9.17, 15) is 13.2 Å². The van der Waals surface area contributed by atoms with Crippen molar-refractivity contribution in [1.82, 2.24) is 15.8 Å². The molecule has 0 amide bonds. The lowest BCUT2D eigenvalue weighted by molar-refractivity contribution is -0.274. The molecular formula is C18H24F3IN4O2. The van der Waals surface area contributed by atoms with Crippen LogP contribution in [0.2, 0.25) is 0 Å². The molecule has 0 unspecified atom stereocenters. The normalized spacial score (nSPS) is 11.9. The van der Waals surface area contributed by atoms with Gasteiger partial charge in [-0.05, 0) is 18.9 Å². The number of para-hydroxylation sites is 1. The van der Waals surface area contributed by atoms with Crippen LogP contribution in [-0.4, -0.2) is 24.0 Å². The Labute approximate surface area is 178 Å². The van der Waals surface area contributed by atoms with Crippen LogP contribution in [0.5, 0.6) is 5.75 Å². The second kappa shape index (κ2) is 11.1. The smallest absolute Gasteiger partial charge is 0.405 e. The SMILES string of the molecule is CCNC(=NCc1ccccc1OC(F)(F)F)NCc1cc(C(C)C)no1.I. The molecule has 0 spiro atoms. The Morgan fingerprint density at radius 3 is 2.57 bits per heavy atom.